The zero-order valence-electron chi connectivity index (χ0n) is 11.3. The van der Waals surface area contributed by atoms with E-state index in [-0.39, 0.29) is 31.1 Å². The van der Waals surface area contributed by atoms with Gasteiger partial charge in [0.15, 0.2) is 5.78 Å². The SMILES string of the molecule is COCC1(COC)Oc2ccc([N+](=O)[O-])cc2CC1=O. The smallest absolute Gasteiger partial charge is 0.269 e. The number of nitro benzene ring substituents is 1. The highest BCUT2D eigenvalue weighted by Crippen LogP contribution is 2.34. The van der Waals surface area contributed by atoms with Gasteiger partial charge in [-0.1, -0.05) is 0 Å². The maximum atomic E-state index is 12.3. The van der Waals surface area contributed by atoms with Crippen LogP contribution in [-0.4, -0.2) is 43.7 Å². The van der Waals surface area contributed by atoms with Crippen molar-refractivity contribution in [3.8, 4) is 5.75 Å². The lowest BCUT2D eigenvalue weighted by atomic mass is 9.90. The van der Waals surface area contributed by atoms with Gasteiger partial charge >= 0.3 is 0 Å². The van der Waals surface area contributed by atoms with Crippen LogP contribution in [0.1, 0.15) is 5.56 Å². The van der Waals surface area contributed by atoms with Crippen LogP contribution in [0.15, 0.2) is 18.2 Å². The molecule has 0 saturated carbocycles. The molecule has 0 aliphatic carbocycles. The summed E-state index contributed by atoms with van der Waals surface area (Å²) in [4.78, 5) is 22.5. The molecule has 0 amide bonds. The predicted octanol–water partition coefficient (Wildman–Crippen LogP) is 1.13. The lowest BCUT2D eigenvalue weighted by Crippen LogP contribution is -2.55. The minimum Gasteiger partial charge on any atom is -0.474 e. The average Bonchev–Trinajstić information content (AvgIpc) is 2.40. The molecule has 1 aliphatic heterocycles. The fraction of sp³-hybridized carbons (Fsp3) is 0.462. The van der Waals surface area contributed by atoms with Gasteiger partial charge in [-0.3, -0.25) is 14.9 Å². The summed E-state index contributed by atoms with van der Waals surface area (Å²) in [5.74, 6) is 0.235. The van der Waals surface area contributed by atoms with Gasteiger partial charge in [0, 0.05) is 38.3 Å². The van der Waals surface area contributed by atoms with Crippen molar-refractivity contribution in [3.05, 3.63) is 33.9 Å². The number of methoxy groups -OCH3 is 2. The quantitative estimate of drug-likeness (QED) is 0.594. The van der Waals surface area contributed by atoms with Crippen molar-refractivity contribution in [1.82, 2.24) is 0 Å². The number of nitro groups is 1. The Hall–Kier alpha value is -1.99. The van der Waals surface area contributed by atoms with Gasteiger partial charge in [-0.25, -0.2) is 0 Å². The van der Waals surface area contributed by atoms with E-state index in [1.807, 2.05) is 0 Å². The molecule has 7 heteroatoms. The molecule has 7 nitrogen and oxygen atoms in total. The summed E-state index contributed by atoms with van der Waals surface area (Å²) in [6, 6.07) is 4.20. The number of benzene rings is 1. The van der Waals surface area contributed by atoms with Crippen molar-refractivity contribution < 1.29 is 23.9 Å². The van der Waals surface area contributed by atoms with Crippen LogP contribution in [0.5, 0.6) is 5.75 Å². The van der Waals surface area contributed by atoms with Crippen LogP contribution >= 0.6 is 0 Å². The predicted molar refractivity (Wildman–Crippen MR) is 68.9 cm³/mol. The van der Waals surface area contributed by atoms with Crippen LogP contribution in [0.3, 0.4) is 0 Å². The first-order valence-electron chi connectivity index (χ1n) is 6.00. The van der Waals surface area contributed by atoms with E-state index in [1.54, 1.807) is 0 Å². The van der Waals surface area contributed by atoms with Gasteiger partial charge in [-0.2, -0.15) is 0 Å². The van der Waals surface area contributed by atoms with Gasteiger partial charge in [0.2, 0.25) is 5.60 Å². The van der Waals surface area contributed by atoms with Crippen LogP contribution in [0.2, 0.25) is 0 Å². The molecular weight excluding hydrogens is 266 g/mol. The van der Waals surface area contributed by atoms with Crippen LogP contribution in [0.4, 0.5) is 5.69 Å². The molecule has 20 heavy (non-hydrogen) atoms. The van der Waals surface area contributed by atoms with Crippen molar-refractivity contribution in [3.63, 3.8) is 0 Å². The number of ether oxygens (including phenoxy) is 3. The Morgan fingerprint density at radius 2 is 2.00 bits per heavy atom. The maximum Gasteiger partial charge on any atom is 0.269 e. The molecule has 0 aromatic heterocycles. The number of fused-ring (bicyclic) bond motifs is 1. The highest BCUT2D eigenvalue weighted by atomic mass is 16.6. The third-order valence-electron chi connectivity index (χ3n) is 3.17. The molecule has 0 radical (unpaired) electrons. The average molecular weight is 281 g/mol. The van der Waals surface area contributed by atoms with Gasteiger partial charge in [-0.05, 0) is 6.07 Å². The molecule has 0 N–H and O–H groups in total. The molecule has 1 aromatic rings. The van der Waals surface area contributed by atoms with Gasteiger partial charge in [0.05, 0.1) is 18.1 Å². The highest BCUT2D eigenvalue weighted by molar-refractivity contribution is 5.92. The Morgan fingerprint density at radius 3 is 2.55 bits per heavy atom. The zero-order valence-corrected chi connectivity index (χ0v) is 11.3. The molecular formula is C13H15NO6. The summed E-state index contributed by atoms with van der Waals surface area (Å²) in [6.45, 7) is 0.131. The van der Waals surface area contributed by atoms with Crippen molar-refractivity contribution >= 4 is 11.5 Å². The number of hydrogen-bond donors (Lipinski definition) is 0. The first-order chi connectivity index (χ1) is 9.52. The van der Waals surface area contributed by atoms with E-state index in [9.17, 15) is 14.9 Å². The molecule has 0 atom stereocenters. The topological polar surface area (TPSA) is 87.9 Å². The van der Waals surface area contributed by atoms with Crippen LogP contribution < -0.4 is 4.74 Å². The highest BCUT2D eigenvalue weighted by Gasteiger charge is 2.44. The van der Waals surface area contributed by atoms with Crippen LogP contribution in [0.25, 0.3) is 0 Å². The van der Waals surface area contributed by atoms with E-state index in [0.717, 1.165) is 0 Å². The Bertz CT molecular complexity index is 536. The summed E-state index contributed by atoms with van der Waals surface area (Å²) >= 11 is 0. The fourth-order valence-corrected chi connectivity index (χ4v) is 2.25. The summed E-state index contributed by atoms with van der Waals surface area (Å²) in [6.07, 6.45) is 0.0593. The molecule has 1 heterocycles. The molecule has 0 fully saturated rings. The largest absolute Gasteiger partial charge is 0.474 e. The number of ketones is 1. The molecule has 0 saturated heterocycles. The van der Waals surface area contributed by atoms with Crippen molar-refractivity contribution in [1.29, 1.82) is 0 Å². The fourth-order valence-electron chi connectivity index (χ4n) is 2.25. The second-order valence-electron chi connectivity index (χ2n) is 4.61. The van der Waals surface area contributed by atoms with E-state index < -0.39 is 10.5 Å². The Morgan fingerprint density at radius 1 is 1.35 bits per heavy atom. The molecule has 2 rings (SSSR count). The monoisotopic (exact) mass is 281 g/mol. The van der Waals surface area contributed by atoms with E-state index in [1.165, 1.54) is 32.4 Å². The van der Waals surface area contributed by atoms with E-state index in [4.69, 9.17) is 14.2 Å². The minimum atomic E-state index is -1.19. The second kappa shape index (κ2) is 5.56. The summed E-state index contributed by atoms with van der Waals surface area (Å²) in [5.41, 5.74) is -0.745. The number of hydrogen-bond acceptors (Lipinski definition) is 6. The number of carbonyl (C=O) groups is 1. The van der Waals surface area contributed by atoms with Gasteiger partial charge < -0.3 is 14.2 Å². The van der Waals surface area contributed by atoms with E-state index >= 15 is 0 Å². The third kappa shape index (κ3) is 2.50. The minimum absolute atomic E-state index is 0.0593. The number of non-ortho nitro benzene ring substituents is 1. The van der Waals surface area contributed by atoms with Crippen molar-refractivity contribution in [2.45, 2.75) is 12.0 Å². The number of carbonyl (C=O) groups excluding carboxylic acids is 1. The Balaban J connectivity index is 2.37. The second-order valence-corrected chi connectivity index (χ2v) is 4.61. The Labute approximate surface area is 115 Å². The van der Waals surface area contributed by atoms with E-state index in [0.29, 0.717) is 11.3 Å². The maximum absolute atomic E-state index is 12.3. The van der Waals surface area contributed by atoms with Gasteiger partial charge in [0.1, 0.15) is 5.75 Å². The molecule has 0 unspecified atom stereocenters. The zero-order chi connectivity index (χ0) is 14.8. The summed E-state index contributed by atoms with van der Waals surface area (Å²) in [5, 5.41) is 10.7. The summed E-state index contributed by atoms with van der Waals surface area (Å²) in [7, 11) is 2.94. The number of Topliss-reactive ketones (excluding diaryl/α,β-unsaturated/α-hetero) is 1. The standard InChI is InChI=1S/C13H15NO6/c1-18-7-13(8-19-2)12(15)6-9-5-10(14(16)17)3-4-11(9)20-13/h3-5H,6-8H2,1-2H3. The van der Waals surface area contributed by atoms with Gasteiger partial charge in [-0.15, -0.1) is 0 Å². The van der Waals surface area contributed by atoms with Gasteiger partial charge in [0.25, 0.3) is 5.69 Å². The number of nitrogens with zero attached hydrogens (tertiary/aromatic N) is 1. The lowest BCUT2D eigenvalue weighted by Gasteiger charge is -2.35. The third-order valence-corrected chi connectivity index (χ3v) is 3.17. The molecule has 0 spiro atoms. The van der Waals surface area contributed by atoms with Crippen LogP contribution in [0, 0.1) is 10.1 Å². The molecule has 1 aliphatic rings. The molecule has 0 bridgehead atoms. The van der Waals surface area contributed by atoms with Crippen molar-refractivity contribution in [2.24, 2.45) is 0 Å². The van der Waals surface area contributed by atoms with Crippen molar-refractivity contribution in [2.75, 3.05) is 27.4 Å². The number of rotatable bonds is 5. The first-order valence-corrected chi connectivity index (χ1v) is 6.00. The lowest BCUT2D eigenvalue weighted by molar-refractivity contribution is -0.384. The molecule has 108 valence electrons. The first kappa shape index (κ1) is 14.4. The summed E-state index contributed by atoms with van der Waals surface area (Å²) < 4.78 is 15.8. The van der Waals surface area contributed by atoms with E-state index in [2.05, 4.69) is 0 Å². The normalized spacial score (nSPS) is 16.4. The van der Waals surface area contributed by atoms with Crippen LogP contribution in [-0.2, 0) is 20.7 Å². The Kier molecular flexibility index (Phi) is 4.01. The molecule has 1 aromatic carbocycles.